The molecule has 3 aromatic rings. The van der Waals surface area contributed by atoms with Gasteiger partial charge in [-0.3, -0.25) is 14.3 Å². The Balaban J connectivity index is 1.84. The first-order valence-electron chi connectivity index (χ1n) is 8.05. The van der Waals surface area contributed by atoms with Crippen LogP contribution in [0, 0.1) is 4.77 Å². The van der Waals surface area contributed by atoms with E-state index >= 15 is 0 Å². The number of hydrogen-bond acceptors (Lipinski definition) is 6. The number of pyridine rings is 1. The molecule has 3 aromatic heterocycles. The number of nitrogens with one attached hydrogen (secondary N) is 1. The van der Waals surface area contributed by atoms with E-state index in [9.17, 15) is 4.79 Å². The third-order valence-corrected chi connectivity index (χ3v) is 4.75. The molecule has 0 bridgehead atoms. The maximum Gasteiger partial charge on any atom is 0.262 e. The molecule has 0 aliphatic heterocycles. The number of methoxy groups -OCH3 is 1. The molecule has 4 rings (SSSR count). The van der Waals surface area contributed by atoms with Crippen molar-refractivity contribution in [1.82, 2.24) is 19.5 Å². The highest BCUT2D eigenvalue weighted by atomic mass is 32.1. The van der Waals surface area contributed by atoms with Crippen molar-refractivity contribution in [1.29, 1.82) is 0 Å². The summed E-state index contributed by atoms with van der Waals surface area (Å²) in [5.74, 6) is 0.588. The van der Waals surface area contributed by atoms with Crippen LogP contribution in [0.25, 0.3) is 11.6 Å². The SMILES string of the molecule is COC1Cc2[nH]c(=S)n(Cc3ccncc3)c(=O)c2C=C1c1cnco1. The van der Waals surface area contributed by atoms with Gasteiger partial charge >= 0.3 is 0 Å². The zero-order chi connectivity index (χ0) is 18.1. The Bertz CT molecular complexity index is 1070. The number of nitrogens with zero attached hydrogens (tertiary/aromatic N) is 3. The van der Waals surface area contributed by atoms with E-state index in [0.717, 1.165) is 16.8 Å². The van der Waals surface area contributed by atoms with E-state index in [1.807, 2.05) is 12.1 Å². The van der Waals surface area contributed by atoms with Crippen molar-refractivity contribution >= 4 is 23.9 Å². The Morgan fingerprint density at radius 2 is 2.19 bits per heavy atom. The van der Waals surface area contributed by atoms with Gasteiger partial charge in [0.25, 0.3) is 5.56 Å². The molecule has 132 valence electrons. The van der Waals surface area contributed by atoms with Gasteiger partial charge in [-0.25, -0.2) is 4.98 Å². The Kier molecular flexibility index (Phi) is 4.36. The number of hydrogen-bond donors (Lipinski definition) is 1. The lowest BCUT2D eigenvalue weighted by Gasteiger charge is -2.24. The second-order valence-electron chi connectivity index (χ2n) is 5.96. The minimum Gasteiger partial charge on any atom is -0.444 e. The van der Waals surface area contributed by atoms with E-state index in [1.54, 1.807) is 36.3 Å². The molecule has 1 aliphatic rings. The van der Waals surface area contributed by atoms with Crippen molar-refractivity contribution in [2.24, 2.45) is 0 Å². The molecule has 0 saturated heterocycles. The number of H-pyrrole nitrogens is 1. The zero-order valence-electron chi connectivity index (χ0n) is 14.0. The molecule has 26 heavy (non-hydrogen) atoms. The largest absolute Gasteiger partial charge is 0.444 e. The summed E-state index contributed by atoms with van der Waals surface area (Å²) in [6.45, 7) is 0.378. The number of ether oxygens (including phenoxy) is 1. The van der Waals surface area contributed by atoms with Gasteiger partial charge in [-0.15, -0.1) is 0 Å². The second-order valence-corrected chi connectivity index (χ2v) is 6.35. The number of aromatic nitrogens is 4. The summed E-state index contributed by atoms with van der Waals surface area (Å²) in [5, 5.41) is 0. The minimum absolute atomic E-state index is 0.146. The summed E-state index contributed by atoms with van der Waals surface area (Å²) in [6.07, 6.45) is 8.42. The molecule has 0 amide bonds. The van der Waals surface area contributed by atoms with E-state index < -0.39 is 0 Å². The van der Waals surface area contributed by atoms with E-state index in [0.29, 0.717) is 29.1 Å². The summed E-state index contributed by atoms with van der Waals surface area (Å²) in [4.78, 5) is 24.2. The first kappa shape index (κ1) is 16.6. The van der Waals surface area contributed by atoms with Gasteiger partial charge in [0, 0.05) is 37.2 Å². The minimum atomic E-state index is -0.239. The van der Waals surface area contributed by atoms with Crippen molar-refractivity contribution in [3.8, 4) is 0 Å². The van der Waals surface area contributed by atoms with Crippen molar-refractivity contribution in [3.05, 3.63) is 74.8 Å². The molecule has 3 heterocycles. The molecule has 0 aromatic carbocycles. The Morgan fingerprint density at radius 3 is 2.88 bits per heavy atom. The molecule has 0 saturated carbocycles. The van der Waals surface area contributed by atoms with Crippen molar-refractivity contribution in [3.63, 3.8) is 0 Å². The predicted molar refractivity (Wildman–Crippen MR) is 98.1 cm³/mol. The van der Waals surface area contributed by atoms with Crippen molar-refractivity contribution in [2.45, 2.75) is 19.1 Å². The Labute approximate surface area is 154 Å². The molecule has 1 aliphatic carbocycles. The van der Waals surface area contributed by atoms with Crippen LogP contribution in [0.4, 0.5) is 0 Å². The van der Waals surface area contributed by atoms with Gasteiger partial charge in [0.15, 0.2) is 16.9 Å². The highest BCUT2D eigenvalue weighted by Crippen LogP contribution is 2.30. The van der Waals surface area contributed by atoms with E-state index in [4.69, 9.17) is 21.4 Å². The molecule has 0 radical (unpaired) electrons. The maximum absolute atomic E-state index is 13.1. The quantitative estimate of drug-likeness (QED) is 0.712. The average molecular weight is 368 g/mol. The molecule has 8 heteroatoms. The first-order valence-corrected chi connectivity index (χ1v) is 8.46. The highest BCUT2D eigenvalue weighted by Gasteiger charge is 2.27. The van der Waals surface area contributed by atoms with Crippen LogP contribution in [-0.4, -0.2) is 32.7 Å². The normalized spacial score (nSPS) is 16.2. The molecule has 7 nitrogen and oxygen atoms in total. The highest BCUT2D eigenvalue weighted by molar-refractivity contribution is 7.71. The number of oxazole rings is 1. The lowest BCUT2D eigenvalue weighted by Crippen LogP contribution is -2.31. The molecule has 0 fully saturated rings. The van der Waals surface area contributed by atoms with Gasteiger partial charge in [0.05, 0.1) is 24.4 Å². The molecule has 1 N–H and O–H groups in total. The van der Waals surface area contributed by atoms with Gasteiger partial charge in [-0.2, -0.15) is 0 Å². The van der Waals surface area contributed by atoms with Crippen molar-refractivity contribution in [2.75, 3.05) is 7.11 Å². The maximum atomic E-state index is 13.1. The summed E-state index contributed by atoms with van der Waals surface area (Å²) in [5.41, 5.74) is 2.92. The monoisotopic (exact) mass is 368 g/mol. The topological polar surface area (TPSA) is 85.9 Å². The van der Waals surface area contributed by atoms with E-state index in [2.05, 4.69) is 15.0 Å². The number of rotatable bonds is 4. The zero-order valence-corrected chi connectivity index (χ0v) is 14.8. The molecular formula is C18H16N4O3S. The standard InChI is InChI=1S/C18H16N4O3S/c1-24-15-7-14-12(6-13(15)16-8-20-10-25-16)17(23)22(18(26)21-14)9-11-2-4-19-5-3-11/h2-6,8,10,15H,7,9H2,1H3,(H,21,26). The molecule has 1 unspecified atom stereocenters. The Morgan fingerprint density at radius 1 is 1.38 bits per heavy atom. The van der Waals surface area contributed by atoms with Gasteiger partial charge in [0.2, 0.25) is 0 Å². The smallest absolute Gasteiger partial charge is 0.262 e. The molecule has 1 atom stereocenters. The van der Waals surface area contributed by atoms with Crippen LogP contribution in [0.5, 0.6) is 0 Å². The predicted octanol–water partition coefficient (Wildman–Crippen LogP) is 2.45. The lowest BCUT2D eigenvalue weighted by atomic mass is 9.93. The summed E-state index contributed by atoms with van der Waals surface area (Å²) in [7, 11) is 1.62. The second kappa shape index (κ2) is 6.81. The Hall–Kier alpha value is -2.84. The van der Waals surface area contributed by atoms with Crippen LogP contribution in [0.2, 0.25) is 0 Å². The fraction of sp³-hybridized carbons (Fsp3) is 0.222. The molecule has 0 spiro atoms. The third kappa shape index (κ3) is 2.93. The third-order valence-electron chi connectivity index (χ3n) is 4.43. The van der Waals surface area contributed by atoms with Gasteiger partial charge in [0.1, 0.15) is 0 Å². The van der Waals surface area contributed by atoms with Crippen LogP contribution in [0.1, 0.15) is 22.6 Å². The van der Waals surface area contributed by atoms with E-state index in [-0.39, 0.29) is 11.7 Å². The fourth-order valence-corrected chi connectivity index (χ4v) is 3.37. The van der Waals surface area contributed by atoms with Gasteiger partial charge in [-0.05, 0) is 36.0 Å². The van der Waals surface area contributed by atoms with Crippen LogP contribution < -0.4 is 5.56 Å². The number of fused-ring (bicyclic) bond motifs is 1. The van der Waals surface area contributed by atoms with Crippen LogP contribution in [-0.2, 0) is 17.7 Å². The summed E-state index contributed by atoms with van der Waals surface area (Å²) in [6, 6.07) is 3.72. The summed E-state index contributed by atoms with van der Waals surface area (Å²) >= 11 is 5.41. The molecular weight excluding hydrogens is 352 g/mol. The van der Waals surface area contributed by atoms with Gasteiger partial charge < -0.3 is 14.1 Å². The van der Waals surface area contributed by atoms with E-state index in [1.165, 1.54) is 6.39 Å². The lowest BCUT2D eigenvalue weighted by molar-refractivity contribution is 0.146. The van der Waals surface area contributed by atoms with Crippen LogP contribution >= 0.6 is 12.2 Å². The average Bonchev–Trinajstić information content (AvgIpc) is 3.19. The summed E-state index contributed by atoms with van der Waals surface area (Å²) < 4.78 is 12.9. The first-order chi connectivity index (χ1) is 12.7. The fourth-order valence-electron chi connectivity index (χ4n) is 3.10. The van der Waals surface area contributed by atoms with Crippen LogP contribution in [0.3, 0.4) is 0 Å². The van der Waals surface area contributed by atoms with Crippen molar-refractivity contribution < 1.29 is 9.15 Å². The number of aromatic amines is 1. The van der Waals surface area contributed by atoms with Gasteiger partial charge in [-0.1, -0.05) is 0 Å². The van der Waals surface area contributed by atoms with Crippen LogP contribution in [0.15, 0.2) is 46.3 Å².